The minimum Gasteiger partial charge on any atom is -0.308 e. The summed E-state index contributed by atoms with van der Waals surface area (Å²) in [5, 5.41) is 14.2. The van der Waals surface area contributed by atoms with Crippen LogP contribution in [0.5, 0.6) is 0 Å². The largest absolute Gasteiger partial charge is 0.347 e. The summed E-state index contributed by atoms with van der Waals surface area (Å²) in [6, 6.07) is 15.3. The molecule has 4 aromatic rings. The van der Waals surface area contributed by atoms with E-state index >= 15 is 0 Å². The Morgan fingerprint density at radius 3 is 1.94 bits per heavy atom. The van der Waals surface area contributed by atoms with E-state index in [1.807, 2.05) is 0 Å². The molecule has 0 bridgehead atoms. The van der Waals surface area contributed by atoms with Gasteiger partial charge in [0.05, 0.1) is 25.6 Å². The molecule has 0 fully saturated rings. The van der Waals surface area contributed by atoms with Gasteiger partial charge in [0.2, 0.25) is 0 Å². The standard InChI is InChI=1S/C21H13Cl4N5O2/c22-14-7-5-11(9-16(14)24)26-20(31)28-19-13-3-1-2-4-18(13)30(29-19)21(32)27-12-6-8-15(23)17(25)10-12/h1-10H,(H,27,32)(H2,26,28,29,31). The fourth-order valence-electron chi connectivity index (χ4n) is 2.91. The van der Waals surface area contributed by atoms with Gasteiger partial charge in [-0.3, -0.25) is 5.32 Å². The number of nitrogens with one attached hydrogen (secondary N) is 3. The van der Waals surface area contributed by atoms with Crippen molar-refractivity contribution < 1.29 is 9.59 Å². The molecule has 0 aliphatic carbocycles. The Balaban J connectivity index is 1.57. The van der Waals surface area contributed by atoms with E-state index in [0.29, 0.717) is 42.4 Å². The summed E-state index contributed by atoms with van der Waals surface area (Å²) in [4.78, 5) is 25.3. The summed E-state index contributed by atoms with van der Waals surface area (Å²) in [5.41, 5.74) is 1.38. The molecule has 0 spiro atoms. The van der Waals surface area contributed by atoms with Gasteiger partial charge in [-0.15, -0.1) is 5.10 Å². The first-order chi connectivity index (χ1) is 15.3. The fraction of sp³-hybridized carbons (Fsp3) is 0. The topological polar surface area (TPSA) is 88.1 Å². The van der Waals surface area contributed by atoms with E-state index in [1.54, 1.807) is 48.5 Å². The van der Waals surface area contributed by atoms with Gasteiger partial charge in [-0.25, -0.2) is 9.59 Å². The van der Waals surface area contributed by atoms with Gasteiger partial charge in [-0.2, -0.15) is 4.68 Å². The van der Waals surface area contributed by atoms with Crippen molar-refractivity contribution >= 4 is 86.6 Å². The van der Waals surface area contributed by atoms with Crippen molar-refractivity contribution in [2.45, 2.75) is 0 Å². The maximum absolute atomic E-state index is 12.8. The van der Waals surface area contributed by atoms with E-state index in [9.17, 15) is 9.59 Å². The first-order valence-electron chi connectivity index (χ1n) is 9.09. The van der Waals surface area contributed by atoms with Crippen molar-refractivity contribution in [2.24, 2.45) is 0 Å². The van der Waals surface area contributed by atoms with Crippen molar-refractivity contribution in [1.82, 2.24) is 9.78 Å². The lowest BCUT2D eigenvalue weighted by Gasteiger charge is -2.07. The zero-order valence-electron chi connectivity index (χ0n) is 16.0. The number of anilines is 3. The Kier molecular flexibility index (Phi) is 6.43. The molecule has 0 radical (unpaired) electrons. The lowest BCUT2D eigenvalue weighted by Crippen LogP contribution is -2.22. The molecule has 1 heterocycles. The molecule has 7 nitrogen and oxygen atoms in total. The number of urea groups is 1. The normalized spacial score (nSPS) is 10.8. The molecule has 3 aromatic carbocycles. The fourth-order valence-corrected chi connectivity index (χ4v) is 3.50. The molecule has 0 saturated carbocycles. The number of hydrogen-bond acceptors (Lipinski definition) is 3. The van der Waals surface area contributed by atoms with E-state index in [4.69, 9.17) is 46.4 Å². The van der Waals surface area contributed by atoms with E-state index in [1.165, 1.54) is 12.1 Å². The number of carbonyl (C=O) groups is 2. The van der Waals surface area contributed by atoms with Crippen molar-refractivity contribution in [1.29, 1.82) is 0 Å². The minimum atomic E-state index is -0.566. The second kappa shape index (κ2) is 9.26. The number of fused-ring (bicyclic) bond motifs is 1. The van der Waals surface area contributed by atoms with Gasteiger partial charge in [-0.1, -0.05) is 58.5 Å². The molecular weight excluding hydrogens is 496 g/mol. The average Bonchev–Trinajstić information content (AvgIpc) is 3.12. The highest BCUT2D eigenvalue weighted by atomic mass is 35.5. The van der Waals surface area contributed by atoms with Crippen LogP contribution < -0.4 is 16.0 Å². The Labute approximate surface area is 202 Å². The first-order valence-corrected chi connectivity index (χ1v) is 10.6. The van der Waals surface area contributed by atoms with E-state index in [-0.39, 0.29) is 5.82 Å². The third kappa shape index (κ3) is 4.76. The van der Waals surface area contributed by atoms with Crippen LogP contribution in [0, 0.1) is 0 Å². The molecule has 32 heavy (non-hydrogen) atoms. The van der Waals surface area contributed by atoms with Crippen LogP contribution in [0.4, 0.5) is 26.8 Å². The molecule has 0 unspecified atom stereocenters. The Morgan fingerprint density at radius 1 is 0.719 bits per heavy atom. The molecule has 3 amide bonds. The zero-order valence-corrected chi connectivity index (χ0v) is 19.0. The second-order valence-corrected chi connectivity index (χ2v) is 8.17. The lowest BCUT2D eigenvalue weighted by atomic mass is 10.2. The monoisotopic (exact) mass is 507 g/mol. The summed E-state index contributed by atoms with van der Waals surface area (Å²) in [5.74, 6) is 0.197. The number of carbonyl (C=O) groups excluding carboxylic acids is 2. The average molecular weight is 509 g/mol. The number of rotatable bonds is 3. The van der Waals surface area contributed by atoms with Gasteiger partial charge in [0.1, 0.15) is 0 Å². The number of hydrogen-bond donors (Lipinski definition) is 3. The predicted octanol–water partition coefficient (Wildman–Crippen LogP) is 7.37. The van der Waals surface area contributed by atoms with Gasteiger partial charge < -0.3 is 10.6 Å². The highest BCUT2D eigenvalue weighted by Crippen LogP contribution is 2.27. The van der Waals surface area contributed by atoms with Crippen LogP contribution in [-0.2, 0) is 0 Å². The highest BCUT2D eigenvalue weighted by Gasteiger charge is 2.17. The molecule has 11 heteroatoms. The number of nitrogens with zero attached hydrogens (tertiary/aromatic N) is 2. The molecular formula is C21H13Cl4N5O2. The lowest BCUT2D eigenvalue weighted by molar-refractivity contribution is 0.251. The summed E-state index contributed by atoms with van der Waals surface area (Å²) in [6.45, 7) is 0. The maximum Gasteiger partial charge on any atom is 0.347 e. The number of halogens is 4. The molecule has 0 aliphatic rings. The number of benzene rings is 3. The molecule has 162 valence electrons. The second-order valence-electron chi connectivity index (χ2n) is 6.54. The van der Waals surface area contributed by atoms with Crippen LogP contribution in [-0.4, -0.2) is 21.8 Å². The van der Waals surface area contributed by atoms with Gasteiger partial charge >= 0.3 is 12.1 Å². The van der Waals surface area contributed by atoms with Crippen LogP contribution in [0.3, 0.4) is 0 Å². The number of aromatic nitrogens is 2. The SMILES string of the molecule is O=C(Nc1ccc(Cl)c(Cl)c1)Nc1nn(C(=O)Nc2ccc(Cl)c(Cl)c2)c2ccccc12. The number of para-hydroxylation sites is 1. The van der Waals surface area contributed by atoms with Crippen molar-refractivity contribution in [3.05, 3.63) is 80.8 Å². The third-order valence-electron chi connectivity index (χ3n) is 4.36. The smallest absolute Gasteiger partial charge is 0.308 e. The highest BCUT2D eigenvalue weighted by molar-refractivity contribution is 6.42. The van der Waals surface area contributed by atoms with E-state index < -0.39 is 12.1 Å². The minimum absolute atomic E-state index is 0.197. The quantitative estimate of drug-likeness (QED) is 0.270. The van der Waals surface area contributed by atoms with E-state index in [0.717, 1.165) is 4.68 Å². The number of amides is 3. The first kappa shape index (κ1) is 22.2. The van der Waals surface area contributed by atoms with E-state index in [2.05, 4.69) is 21.0 Å². The van der Waals surface area contributed by atoms with Crippen LogP contribution >= 0.6 is 46.4 Å². The van der Waals surface area contributed by atoms with Crippen LogP contribution in [0.15, 0.2) is 60.7 Å². The maximum atomic E-state index is 12.8. The summed E-state index contributed by atoms with van der Waals surface area (Å²) >= 11 is 23.8. The Morgan fingerprint density at radius 2 is 1.31 bits per heavy atom. The molecule has 0 atom stereocenters. The van der Waals surface area contributed by atoms with Gasteiger partial charge in [0, 0.05) is 16.8 Å². The molecule has 4 rings (SSSR count). The van der Waals surface area contributed by atoms with Crippen molar-refractivity contribution in [3.8, 4) is 0 Å². The predicted molar refractivity (Wildman–Crippen MR) is 130 cm³/mol. The molecule has 1 aromatic heterocycles. The van der Waals surface area contributed by atoms with Gasteiger partial charge in [0.15, 0.2) is 5.82 Å². The Bertz CT molecular complexity index is 1360. The third-order valence-corrected chi connectivity index (χ3v) is 5.84. The summed E-state index contributed by atoms with van der Waals surface area (Å²) in [7, 11) is 0. The van der Waals surface area contributed by atoms with Gasteiger partial charge in [0.25, 0.3) is 0 Å². The summed E-state index contributed by atoms with van der Waals surface area (Å²) < 4.78 is 1.15. The Hall–Kier alpha value is -2.97. The molecule has 0 saturated heterocycles. The van der Waals surface area contributed by atoms with Gasteiger partial charge in [-0.05, 0) is 48.5 Å². The molecule has 3 N–H and O–H groups in total. The van der Waals surface area contributed by atoms with Crippen LogP contribution in [0.1, 0.15) is 0 Å². The van der Waals surface area contributed by atoms with Crippen molar-refractivity contribution in [3.63, 3.8) is 0 Å². The molecule has 0 aliphatic heterocycles. The van der Waals surface area contributed by atoms with Crippen molar-refractivity contribution in [2.75, 3.05) is 16.0 Å². The summed E-state index contributed by atoms with van der Waals surface area (Å²) in [6.07, 6.45) is 0. The van der Waals surface area contributed by atoms with Crippen LogP contribution in [0.2, 0.25) is 20.1 Å². The zero-order chi connectivity index (χ0) is 22.8. The van der Waals surface area contributed by atoms with Crippen LogP contribution in [0.25, 0.3) is 10.9 Å².